The van der Waals surface area contributed by atoms with Gasteiger partial charge in [-0.1, -0.05) is 54.1 Å². The third kappa shape index (κ3) is 7.07. The van der Waals surface area contributed by atoms with Crippen LogP contribution in [0.2, 0.25) is 5.02 Å². The van der Waals surface area contributed by atoms with Crippen molar-refractivity contribution in [3.8, 4) is 0 Å². The van der Waals surface area contributed by atoms with Gasteiger partial charge in [-0.05, 0) is 23.3 Å². The second kappa shape index (κ2) is 12.3. The molecule has 1 fully saturated rings. The van der Waals surface area contributed by atoms with Crippen LogP contribution in [-0.2, 0) is 9.47 Å². The van der Waals surface area contributed by atoms with Gasteiger partial charge in [0.25, 0.3) is 0 Å². The number of halogens is 1. The van der Waals surface area contributed by atoms with E-state index in [4.69, 9.17) is 37.1 Å². The molecule has 3 rings (SSSR count). The second-order valence-electron chi connectivity index (χ2n) is 6.28. The molecular weight excluding hydrogens is 388 g/mol. The maximum Gasteiger partial charge on any atom is 0.0701 e. The maximum atomic E-state index is 8.87. The van der Waals surface area contributed by atoms with Gasteiger partial charge in [0.2, 0.25) is 0 Å². The highest BCUT2D eigenvalue weighted by molar-refractivity contribution is 6.30. The molecule has 0 aliphatic carbocycles. The Labute approximate surface area is 190 Å². The zero-order valence-electron chi connectivity index (χ0n) is 24.1. The van der Waals surface area contributed by atoms with E-state index in [0.717, 1.165) is 0 Å². The molecule has 0 radical (unpaired) electrons. The summed E-state index contributed by atoms with van der Waals surface area (Å²) in [7, 11) is 0. The average Bonchev–Trinajstić information content (AvgIpc) is 2.84. The third-order valence-corrected chi connectivity index (χ3v) is 4.49. The van der Waals surface area contributed by atoms with Crippen molar-refractivity contribution in [2.24, 2.45) is 0 Å². The van der Waals surface area contributed by atoms with Gasteiger partial charge >= 0.3 is 0 Å². The zero-order chi connectivity index (χ0) is 27.5. The van der Waals surface area contributed by atoms with Crippen LogP contribution in [0.15, 0.2) is 54.6 Å². The molecule has 29 heavy (non-hydrogen) atoms. The van der Waals surface area contributed by atoms with E-state index in [9.17, 15) is 0 Å². The lowest BCUT2D eigenvalue weighted by Crippen LogP contribution is -2.48. The number of benzene rings is 2. The Hall–Kier alpha value is -1.47. The minimum atomic E-state index is -2.99. The van der Waals surface area contributed by atoms with E-state index in [2.05, 4.69) is 0 Å². The molecule has 2 aromatic carbocycles. The van der Waals surface area contributed by atoms with Crippen molar-refractivity contribution in [2.75, 3.05) is 65.6 Å². The van der Waals surface area contributed by atoms with Crippen LogP contribution in [0.4, 0.5) is 0 Å². The van der Waals surface area contributed by atoms with Crippen molar-refractivity contribution in [3.05, 3.63) is 70.7 Å². The zero-order valence-corrected chi connectivity index (χ0v) is 16.8. The van der Waals surface area contributed by atoms with E-state index in [0.29, 0.717) is 25.9 Å². The van der Waals surface area contributed by atoms with Gasteiger partial charge in [-0.25, -0.2) is 0 Å². The molecule has 1 N–H and O–H groups in total. The lowest BCUT2D eigenvalue weighted by atomic mass is 9.96. The summed E-state index contributed by atoms with van der Waals surface area (Å²) in [5.74, 6) is 0. The quantitative estimate of drug-likeness (QED) is 0.559. The smallest absolute Gasteiger partial charge is 0.0701 e. The fraction of sp³-hybridized carbons (Fsp3) is 0.478. The van der Waals surface area contributed by atoms with E-state index in [1.165, 1.54) is 0 Å². The molecular formula is C23H31ClN2O3. The molecule has 1 unspecified atom stereocenters. The number of rotatable bonds is 11. The van der Waals surface area contributed by atoms with Crippen LogP contribution < -0.4 is 0 Å². The Kier molecular flexibility index (Phi) is 5.82. The number of hydrogen-bond acceptors (Lipinski definition) is 5. The summed E-state index contributed by atoms with van der Waals surface area (Å²) < 4.78 is 80.8. The van der Waals surface area contributed by atoms with E-state index in [-0.39, 0.29) is 33.0 Å². The second-order valence-corrected chi connectivity index (χ2v) is 6.72. The van der Waals surface area contributed by atoms with Crippen molar-refractivity contribution in [1.82, 2.24) is 9.80 Å². The summed E-state index contributed by atoms with van der Waals surface area (Å²) in [5, 5.41) is 9.15. The molecule has 0 spiro atoms. The van der Waals surface area contributed by atoms with E-state index >= 15 is 0 Å². The van der Waals surface area contributed by atoms with Crippen molar-refractivity contribution in [3.63, 3.8) is 0 Å². The first kappa shape index (κ1) is 13.8. The molecule has 0 aromatic heterocycles. The van der Waals surface area contributed by atoms with Crippen molar-refractivity contribution in [1.29, 1.82) is 0 Å². The maximum absolute atomic E-state index is 8.87. The molecule has 1 aliphatic heterocycles. The summed E-state index contributed by atoms with van der Waals surface area (Å²) in [6.07, 6.45) is 0. The Bertz CT molecular complexity index is 987. The molecule has 1 aliphatic rings. The standard InChI is InChI=1S/C23H31ClN2O3/c24-22-8-6-21(7-9-22)23(20-4-2-1-3-5-20)26-12-10-25(11-13-26)14-16-28-18-19-29-17-15-27/h1-9,23,27H,10-19H2/i10D2,11D2,12D2,13D2. The molecule has 2 aromatic rings. The van der Waals surface area contributed by atoms with Gasteiger partial charge in [0.1, 0.15) is 0 Å². The number of aliphatic hydroxyl groups is 1. The van der Waals surface area contributed by atoms with Crippen LogP contribution in [0, 0.1) is 0 Å². The summed E-state index contributed by atoms with van der Waals surface area (Å²) in [5.41, 5.74) is 0.887. The molecule has 1 heterocycles. The molecule has 158 valence electrons. The predicted molar refractivity (Wildman–Crippen MR) is 116 cm³/mol. The van der Waals surface area contributed by atoms with Gasteiger partial charge in [-0.3, -0.25) is 9.80 Å². The van der Waals surface area contributed by atoms with E-state index in [1.807, 2.05) is 0 Å². The minimum Gasteiger partial charge on any atom is -0.394 e. The number of piperazine rings is 1. The monoisotopic (exact) mass is 426 g/mol. The molecule has 6 heteroatoms. The van der Waals surface area contributed by atoms with Crippen LogP contribution >= 0.6 is 11.6 Å². The van der Waals surface area contributed by atoms with Gasteiger partial charge in [0.15, 0.2) is 0 Å². The Balaban J connectivity index is 2.01. The van der Waals surface area contributed by atoms with Crippen molar-refractivity contribution in [2.45, 2.75) is 6.04 Å². The summed E-state index contributed by atoms with van der Waals surface area (Å²) in [6.45, 7) is -12.3. The summed E-state index contributed by atoms with van der Waals surface area (Å²) in [4.78, 5) is 1.20. The summed E-state index contributed by atoms with van der Waals surface area (Å²) >= 11 is 6.05. The number of hydrogen-bond donors (Lipinski definition) is 1. The Morgan fingerprint density at radius 2 is 1.48 bits per heavy atom. The average molecular weight is 427 g/mol. The third-order valence-electron chi connectivity index (χ3n) is 4.24. The lowest BCUT2D eigenvalue weighted by molar-refractivity contribution is 0.0203. The molecule has 0 bridgehead atoms. The first-order chi connectivity index (χ1) is 17.3. The highest BCUT2D eigenvalue weighted by Gasteiger charge is 2.26. The number of nitrogens with zero attached hydrogens (tertiary/aromatic N) is 2. The van der Waals surface area contributed by atoms with Crippen molar-refractivity contribution >= 4 is 11.6 Å². The van der Waals surface area contributed by atoms with Crippen LogP contribution in [-0.4, -0.2) is 80.5 Å². The fourth-order valence-corrected chi connectivity index (χ4v) is 2.96. The Morgan fingerprint density at radius 3 is 2.14 bits per heavy atom. The largest absolute Gasteiger partial charge is 0.394 e. The van der Waals surface area contributed by atoms with E-state index in [1.54, 1.807) is 54.6 Å². The van der Waals surface area contributed by atoms with Gasteiger partial charge in [0, 0.05) is 48.5 Å². The highest BCUT2D eigenvalue weighted by atomic mass is 35.5. The number of ether oxygens (including phenoxy) is 2. The van der Waals surface area contributed by atoms with Crippen LogP contribution in [0.3, 0.4) is 0 Å². The SMILES string of the molecule is [2H]C1([2H])N(CCOCCOCCO)C([2H])([2H])C([2H])([2H])N(C(c2ccccc2)c2ccc(Cl)cc2)C1([2H])[2H]. The van der Waals surface area contributed by atoms with Crippen LogP contribution in [0.25, 0.3) is 0 Å². The van der Waals surface area contributed by atoms with Gasteiger partial charge < -0.3 is 14.6 Å². The van der Waals surface area contributed by atoms with Gasteiger partial charge in [-0.15, -0.1) is 0 Å². The van der Waals surface area contributed by atoms with Crippen molar-refractivity contribution < 1.29 is 25.5 Å². The Morgan fingerprint density at radius 1 is 0.862 bits per heavy atom. The fourth-order valence-electron chi connectivity index (χ4n) is 2.84. The molecule has 1 saturated heterocycles. The van der Waals surface area contributed by atoms with Gasteiger partial charge in [-0.2, -0.15) is 0 Å². The molecule has 1 atom stereocenters. The number of aliphatic hydroxyl groups excluding tert-OH is 1. The highest BCUT2D eigenvalue weighted by Crippen LogP contribution is 2.30. The predicted octanol–water partition coefficient (Wildman–Crippen LogP) is 3.07. The molecule has 0 saturated carbocycles. The van der Waals surface area contributed by atoms with Gasteiger partial charge in [0.05, 0.1) is 39.1 Å². The van der Waals surface area contributed by atoms with Crippen LogP contribution in [0.5, 0.6) is 0 Å². The first-order valence-corrected chi connectivity index (χ1v) is 9.82. The normalized spacial score (nSPS) is 27.8. The molecule has 0 amide bonds. The minimum absolute atomic E-state index is 0.0956. The summed E-state index contributed by atoms with van der Waals surface area (Å²) in [6, 6.07) is 13.6. The lowest BCUT2D eigenvalue weighted by Gasteiger charge is -2.39. The first-order valence-electron chi connectivity index (χ1n) is 13.4. The molecule has 5 nitrogen and oxygen atoms in total. The van der Waals surface area contributed by atoms with E-state index < -0.39 is 38.6 Å². The van der Waals surface area contributed by atoms with Crippen LogP contribution in [0.1, 0.15) is 28.1 Å². The topological polar surface area (TPSA) is 45.2 Å².